The number of nitrogens with zero attached hydrogens (tertiary/aromatic N) is 4. The van der Waals surface area contributed by atoms with Crippen LogP contribution >= 0.6 is 15.9 Å². The van der Waals surface area contributed by atoms with Crippen molar-refractivity contribution in [3.05, 3.63) is 15.9 Å². The van der Waals surface area contributed by atoms with Gasteiger partial charge in [0.2, 0.25) is 0 Å². The summed E-state index contributed by atoms with van der Waals surface area (Å²) in [5, 5.41) is 4.61. The second kappa shape index (κ2) is 6.16. The third-order valence-electron chi connectivity index (χ3n) is 4.80. The first kappa shape index (κ1) is 14.5. The highest BCUT2D eigenvalue weighted by Gasteiger charge is 2.29. The maximum absolute atomic E-state index is 4.61. The highest BCUT2D eigenvalue weighted by molar-refractivity contribution is 9.10. The number of aryl methyl sites for hydroxylation is 2. The highest BCUT2D eigenvalue weighted by Crippen LogP contribution is 2.26. The lowest BCUT2D eigenvalue weighted by atomic mass is 9.99. The van der Waals surface area contributed by atoms with E-state index in [2.05, 4.69) is 49.5 Å². The van der Waals surface area contributed by atoms with Crippen LogP contribution in [-0.2, 0) is 20.0 Å². The van der Waals surface area contributed by atoms with E-state index in [1.165, 1.54) is 61.3 Å². The number of hydrogen-bond acceptors (Lipinski definition) is 3. The Morgan fingerprint density at radius 3 is 2.85 bits per heavy atom. The van der Waals surface area contributed by atoms with E-state index >= 15 is 0 Å². The van der Waals surface area contributed by atoms with Gasteiger partial charge < -0.3 is 0 Å². The van der Waals surface area contributed by atoms with Crippen LogP contribution in [-0.4, -0.2) is 51.8 Å². The molecule has 5 heteroatoms. The molecule has 0 aliphatic carbocycles. The van der Waals surface area contributed by atoms with Gasteiger partial charge in [0.1, 0.15) is 0 Å². The van der Waals surface area contributed by atoms with E-state index in [0.29, 0.717) is 0 Å². The van der Waals surface area contributed by atoms with Gasteiger partial charge in [-0.25, -0.2) is 0 Å². The van der Waals surface area contributed by atoms with E-state index in [4.69, 9.17) is 0 Å². The van der Waals surface area contributed by atoms with Crippen LogP contribution in [0.15, 0.2) is 4.47 Å². The van der Waals surface area contributed by atoms with Gasteiger partial charge in [0, 0.05) is 39.3 Å². The lowest BCUT2D eigenvalue weighted by Gasteiger charge is -2.44. The summed E-state index contributed by atoms with van der Waals surface area (Å²) in [7, 11) is 2.07. The number of piperazine rings is 1. The second-order valence-corrected chi connectivity index (χ2v) is 6.90. The fourth-order valence-corrected chi connectivity index (χ4v) is 4.31. The van der Waals surface area contributed by atoms with Crippen molar-refractivity contribution in [3.63, 3.8) is 0 Å². The van der Waals surface area contributed by atoms with Crippen LogP contribution in [0.1, 0.15) is 37.6 Å². The minimum absolute atomic E-state index is 0.787. The molecule has 4 nitrogen and oxygen atoms in total. The molecule has 0 spiro atoms. The molecule has 0 radical (unpaired) electrons. The summed E-state index contributed by atoms with van der Waals surface area (Å²) >= 11 is 3.74. The monoisotopic (exact) mass is 340 g/mol. The standard InChI is InChI=1S/C15H25BrN4/c1-3-13-15(16)14(18(2)17-13)11-19-8-9-20-7-5-4-6-12(20)10-19/h12H,3-11H2,1-2H3. The molecule has 1 atom stereocenters. The first-order valence-electron chi connectivity index (χ1n) is 7.85. The average Bonchev–Trinajstić information content (AvgIpc) is 2.74. The molecule has 2 aliphatic heterocycles. The Balaban J connectivity index is 1.68. The van der Waals surface area contributed by atoms with Crippen molar-refractivity contribution in [2.75, 3.05) is 26.2 Å². The molecule has 3 heterocycles. The zero-order valence-electron chi connectivity index (χ0n) is 12.6. The Morgan fingerprint density at radius 2 is 2.10 bits per heavy atom. The molecule has 2 aliphatic rings. The predicted molar refractivity (Wildman–Crippen MR) is 84.8 cm³/mol. The smallest absolute Gasteiger partial charge is 0.0767 e. The Bertz CT molecular complexity index is 471. The van der Waals surface area contributed by atoms with E-state index in [-0.39, 0.29) is 0 Å². The zero-order chi connectivity index (χ0) is 14.1. The summed E-state index contributed by atoms with van der Waals surface area (Å²) in [4.78, 5) is 5.30. The quantitative estimate of drug-likeness (QED) is 0.844. The van der Waals surface area contributed by atoms with Crippen LogP contribution < -0.4 is 0 Å². The minimum Gasteiger partial charge on any atom is -0.298 e. The number of rotatable bonds is 3. The van der Waals surface area contributed by atoms with Gasteiger partial charge >= 0.3 is 0 Å². The lowest BCUT2D eigenvalue weighted by molar-refractivity contribution is 0.0445. The first-order chi connectivity index (χ1) is 9.69. The van der Waals surface area contributed by atoms with Gasteiger partial charge in [-0.05, 0) is 41.7 Å². The lowest BCUT2D eigenvalue weighted by Crippen LogP contribution is -2.54. The van der Waals surface area contributed by atoms with Gasteiger partial charge in [-0.15, -0.1) is 0 Å². The van der Waals surface area contributed by atoms with Crippen molar-refractivity contribution in [1.29, 1.82) is 0 Å². The van der Waals surface area contributed by atoms with Crippen LogP contribution in [0.4, 0.5) is 0 Å². The van der Waals surface area contributed by atoms with E-state index in [1.807, 2.05) is 0 Å². The summed E-state index contributed by atoms with van der Waals surface area (Å²) in [6, 6.07) is 0.787. The second-order valence-electron chi connectivity index (χ2n) is 6.11. The van der Waals surface area contributed by atoms with Gasteiger partial charge in [-0.3, -0.25) is 14.5 Å². The van der Waals surface area contributed by atoms with Gasteiger partial charge in [0.15, 0.2) is 0 Å². The molecule has 0 aromatic carbocycles. The first-order valence-corrected chi connectivity index (χ1v) is 8.65. The average molecular weight is 341 g/mol. The molecule has 1 aromatic rings. The van der Waals surface area contributed by atoms with Crippen molar-refractivity contribution in [2.24, 2.45) is 7.05 Å². The zero-order valence-corrected chi connectivity index (χ0v) is 14.2. The van der Waals surface area contributed by atoms with Crippen LogP contribution in [0.3, 0.4) is 0 Å². The van der Waals surface area contributed by atoms with Crippen LogP contribution in [0, 0.1) is 0 Å². The summed E-state index contributed by atoms with van der Waals surface area (Å²) in [6.45, 7) is 8.15. The third kappa shape index (κ3) is 2.81. The Labute approximate surface area is 130 Å². The number of hydrogen-bond donors (Lipinski definition) is 0. The molecule has 2 saturated heterocycles. The molecular formula is C15H25BrN4. The van der Waals surface area contributed by atoms with Crippen molar-refractivity contribution in [2.45, 2.75) is 45.2 Å². The molecular weight excluding hydrogens is 316 g/mol. The molecule has 1 unspecified atom stereocenters. The summed E-state index contributed by atoms with van der Waals surface area (Å²) in [6.07, 6.45) is 5.17. The number of fused-ring (bicyclic) bond motifs is 1. The maximum atomic E-state index is 4.61. The van der Waals surface area contributed by atoms with Crippen molar-refractivity contribution >= 4 is 15.9 Å². The normalized spacial score (nSPS) is 24.9. The van der Waals surface area contributed by atoms with Crippen molar-refractivity contribution in [1.82, 2.24) is 19.6 Å². The van der Waals surface area contributed by atoms with Crippen molar-refractivity contribution in [3.8, 4) is 0 Å². The minimum atomic E-state index is 0.787. The molecule has 1 aromatic heterocycles. The van der Waals surface area contributed by atoms with Gasteiger partial charge in [-0.2, -0.15) is 5.10 Å². The van der Waals surface area contributed by atoms with Crippen LogP contribution in [0.5, 0.6) is 0 Å². The Hall–Kier alpha value is -0.390. The molecule has 0 saturated carbocycles. The van der Waals surface area contributed by atoms with Gasteiger partial charge in [0.25, 0.3) is 0 Å². The SMILES string of the molecule is CCc1nn(C)c(CN2CCN3CCCCC3C2)c1Br. The number of aromatic nitrogens is 2. The van der Waals surface area contributed by atoms with Crippen molar-refractivity contribution < 1.29 is 0 Å². The molecule has 2 fully saturated rings. The molecule has 0 bridgehead atoms. The molecule has 20 heavy (non-hydrogen) atoms. The van der Waals surface area contributed by atoms with E-state index in [0.717, 1.165) is 19.0 Å². The van der Waals surface area contributed by atoms with E-state index in [1.54, 1.807) is 0 Å². The maximum Gasteiger partial charge on any atom is 0.0767 e. The highest BCUT2D eigenvalue weighted by atomic mass is 79.9. The van der Waals surface area contributed by atoms with Gasteiger partial charge in [0.05, 0.1) is 15.9 Å². The number of halogens is 1. The Kier molecular flexibility index (Phi) is 4.48. The number of piperidine rings is 1. The third-order valence-corrected chi connectivity index (χ3v) is 5.71. The fraction of sp³-hybridized carbons (Fsp3) is 0.800. The molecule has 0 amide bonds. The summed E-state index contributed by atoms with van der Waals surface area (Å²) in [5.74, 6) is 0. The summed E-state index contributed by atoms with van der Waals surface area (Å²) in [5.41, 5.74) is 2.50. The van der Waals surface area contributed by atoms with E-state index < -0.39 is 0 Å². The molecule has 3 rings (SSSR count). The Morgan fingerprint density at radius 1 is 1.25 bits per heavy atom. The largest absolute Gasteiger partial charge is 0.298 e. The summed E-state index contributed by atoms with van der Waals surface area (Å²) < 4.78 is 3.27. The van der Waals surface area contributed by atoms with Gasteiger partial charge in [-0.1, -0.05) is 13.3 Å². The predicted octanol–water partition coefficient (Wildman–Crippen LogP) is 2.42. The van der Waals surface area contributed by atoms with E-state index in [9.17, 15) is 0 Å². The van der Waals surface area contributed by atoms with Crippen LogP contribution in [0.25, 0.3) is 0 Å². The molecule has 0 N–H and O–H groups in total. The fourth-order valence-electron chi connectivity index (χ4n) is 3.57. The molecule has 112 valence electrons. The topological polar surface area (TPSA) is 24.3 Å². The van der Waals surface area contributed by atoms with Crippen LogP contribution in [0.2, 0.25) is 0 Å².